The van der Waals surface area contributed by atoms with Crippen molar-refractivity contribution in [3.05, 3.63) is 29.8 Å². The van der Waals surface area contributed by atoms with Crippen molar-refractivity contribution in [1.82, 2.24) is 9.80 Å². The van der Waals surface area contributed by atoms with Gasteiger partial charge in [-0.2, -0.15) is 0 Å². The van der Waals surface area contributed by atoms with Gasteiger partial charge < -0.3 is 19.6 Å². The molecule has 1 aromatic rings. The highest BCUT2D eigenvalue weighted by atomic mass is 16.5. The monoisotopic (exact) mass is 320 g/mol. The molecule has 1 saturated heterocycles. The smallest absolute Gasteiger partial charge is 0.326 e. The number of ether oxygens (including phenoxy) is 1. The van der Waals surface area contributed by atoms with Crippen molar-refractivity contribution < 1.29 is 19.4 Å². The fourth-order valence-electron chi connectivity index (χ4n) is 3.01. The Bertz CT molecular complexity index is 573. The second kappa shape index (κ2) is 7.46. The molecule has 1 aliphatic heterocycles. The lowest BCUT2D eigenvalue weighted by atomic mass is 9.95. The summed E-state index contributed by atoms with van der Waals surface area (Å²) in [5.41, 5.74) is 0.827. The van der Waals surface area contributed by atoms with Gasteiger partial charge in [0.25, 0.3) is 0 Å². The Kier molecular flexibility index (Phi) is 5.60. The molecule has 126 valence electrons. The average molecular weight is 320 g/mol. The number of aliphatic carboxylic acids is 1. The first-order chi connectivity index (χ1) is 10.9. The zero-order valence-electron chi connectivity index (χ0n) is 13.9. The molecule has 0 aliphatic carbocycles. The lowest BCUT2D eigenvalue weighted by Crippen LogP contribution is -2.54. The van der Waals surface area contributed by atoms with Crippen LogP contribution >= 0.6 is 0 Å². The van der Waals surface area contributed by atoms with Crippen LogP contribution in [-0.4, -0.2) is 66.6 Å². The topological polar surface area (TPSA) is 70.1 Å². The highest BCUT2D eigenvalue weighted by molar-refractivity contribution is 5.85. The molecule has 1 aliphatic rings. The molecule has 0 saturated carbocycles. The molecule has 0 aromatic heterocycles. The number of carboxylic acids is 1. The summed E-state index contributed by atoms with van der Waals surface area (Å²) in [5.74, 6) is -0.394. The summed E-state index contributed by atoms with van der Waals surface area (Å²) in [5, 5.41) is 9.47. The van der Waals surface area contributed by atoms with Crippen molar-refractivity contribution in [3.8, 4) is 5.75 Å². The van der Waals surface area contributed by atoms with Crippen LogP contribution in [0.1, 0.15) is 18.4 Å². The summed E-state index contributed by atoms with van der Waals surface area (Å²) in [6, 6.07) is 6.74. The molecule has 1 N–H and O–H groups in total. The summed E-state index contributed by atoms with van der Waals surface area (Å²) in [6.07, 6.45) is 1.44. The van der Waals surface area contributed by atoms with Crippen molar-refractivity contribution >= 4 is 11.9 Å². The van der Waals surface area contributed by atoms with E-state index in [1.165, 1.54) is 4.90 Å². The Hall–Kier alpha value is -2.08. The fourth-order valence-corrected chi connectivity index (χ4v) is 3.01. The Morgan fingerprint density at radius 2 is 2.13 bits per heavy atom. The predicted molar refractivity (Wildman–Crippen MR) is 86.5 cm³/mol. The lowest BCUT2D eigenvalue weighted by molar-refractivity contribution is -0.153. The first-order valence-corrected chi connectivity index (χ1v) is 7.74. The lowest BCUT2D eigenvalue weighted by Gasteiger charge is -2.39. The van der Waals surface area contributed by atoms with Gasteiger partial charge in [0.15, 0.2) is 0 Å². The first-order valence-electron chi connectivity index (χ1n) is 7.74. The molecule has 1 heterocycles. The van der Waals surface area contributed by atoms with Crippen LogP contribution in [0.5, 0.6) is 5.75 Å². The molecule has 23 heavy (non-hydrogen) atoms. The molecule has 2 unspecified atom stereocenters. The van der Waals surface area contributed by atoms with E-state index in [1.807, 2.05) is 37.2 Å². The Morgan fingerprint density at radius 1 is 1.39 bits per heavy atom. The van der Waals surface area contributed by atoms with Gasteiger partial charge >= 0.3 is 5.97 Å². The summed E-state index contributed by atoms with van der Waals surface area (Å²) in [4.78, 5) is 27.7. The van der Waals surface area contributed by atoms with Crippen molar-refractivity contribution in [2.75, 3.05) is 27.7 Å². The van der Waals surface area contributed by atoms with Crippen molar-refractivity contribution in [2.45, 2.75) is 31.3 Å². The molecule has 0 bridgehead atoms. The van der Waals surface area contributed by atoms with E-state index in [2.05, 4.69) is 0 Å². The number of amides is 1. The number of carbonyl (C=O) groups is 2. The van der Waals surface area contributed by atoms with Crippen LogP contribution in [-0.2, 0) is 16.0 Å². The SMILES string of the molecule is COc1cccc(CC(=O)N2CCC(N(C)C)CC2C(=O)O)c1. The highest BCUT2D eigenvalue weighted by Gasteiger charge is 2.36. The van der Waals surface area contributed by atoms with Crippen molar-refractivity contribution in [2.24, 2.45) is 0 Å². The minimum Gasteiger partial charge on any atom is -0.497 e. The van der Waals surface area contributed by atoms with Crippen LogP contribution in [0.25, 0.3) is 0 Å². The average Bonchev–Trinajstić information content (AvgIpc) is 2.54. The Balaban J connectivity index is 2.09. The molecule has 2 atom stereocenters. The molecule has 2 rings (SSSR count). The minimum absolute atomic E-state index is 0.150. The van der Waals surface area contributed by atoms with Gasteiger partial charge in [0.1, 0.15) is 11.8 Å². The van der Waals surface area contributed by atoms with Gasteiger partial charge in [-0.15, -0.1) is 0 Å². The summed E-state index contributed by atoms with van der Waals surface area (Å²) < 4.78 is 5.16. The number of carbonyl (C=O) groups excluding carboxylic acids is 1. The van der Waals surface area contributed by atoms with Crippen LogP contribution < -0.4 is 4.74 Å². The van der Waals surface area contributed by atoms with E-state index in [9.17, 15) is 14.7 Å². The third kappa shape index (κ3) is 4.22. The molecule has 0 radical (unpaired) electrons. The van der Waals surface area contributed by atoms with Gasteiger partial charge in [-0.1, -0.05) is 12.1 Å². The fraction of sp³-hybridized carbons (Fsp3) is 0.529. The number of hydrogen-bond donors (Lipinski definition) is 1. The molecule has 6 heteroatoms. The van der Waals surface area contributed by atoms with E-state index in [1.54, 1.807) is 13.2 Å². The number of benzene rings is 1. The Morgan fingerprint density at radius 3 is 2.74 bits per heavy atom. The molecular weight excluding hydrogens is 296 g/mol. The van der Waals surface area contributed by atoms with Gasteiger partial charge in [0.2, 0.25) is 5.91 Å². The maximum absolute atomic E-state index is 12.6. The summed E-state index contributed by atoms with van der Waals surface area (Å²) >= 11 is 0. The predicted octanol–water partition coefficient (Wildman–Crippen LogP) is 1.24. The second-order valence-electron chi connectivity index (χ2n) is 6.11. The largest absolute Gasteiger partial charge is 0.497 e. The second-order valence-corrected chi connectivity index (χ2v) is 6.11. The maximum atomic E-state index is 12.6. The van der Waals surface area contributed by atoms with Crippen LogP contribution in [0.15, 0.2) is 24.3 Å². The van der Waals surface area contributed by atoms with E-state index in [4.69, 9.17) is 4.74 Å². The number of rotatable bonds is 5. The maximum Gasteiger partial charge on any atom is 0.326 e. The third-order valence-electron chi connectivity index (χ3n) is 4.40. The summed E-state index contributed by atoms with van der Waals surface area (Å²) in [6.45, 7) is 0.475. The molecule has 1 amide bonds. The van der Waals surface area contributed by atoms with Crippen molar-refractivity contribution in [3.63, 3.8) is 0 Å². The highest BCUT2D eigenvalue weighted by Crippen LogP contribution is 2.22. The van der Waals surface area contributed by atoms with Gasteiger partial charge in [-0.05, 0) is 44.6 Å². The quantitative estimate of drug-likeness (QED) is 0.884. The number of methoxy groups -OCH3 is 1. The van der Waals surface area contributed by atoms with Gasteiger partial charge in [0.05, 0.1) is 13.5 Å². The van der Waals surface area contributed by atoms with Gasteiger partial charge in [0, 0.05) is 12.6 Å². The summed E-state index contributed by atoms with van der Waals surface area (Å²) in [7, 11) is 5.46. The minimum atomic E-state index is -0.935. The number of piperidine rings is 1. The van der Waals surface area contributed by atoms with E-state index >= 15 is 0 Å². The number of hydrogen-bond acceptors (Lipinski definition) is 4. The van der Waals surface area contributed by atoms with Crippen LogP contribution in [0, 0.1) is 0 Å². The van der Waals surface area contributed by atoms with E-state index in [0.29, 0.717) is 18.7 Å². The molecule has 0 spiro atoms. The van der Waals surface area contributed by atoms with Gasteiger partial charge in [-0.25, -0.2) is 4.79 Å². The molecular formula is C17H24N2O4. The zero-order valence-corrected chi connectivity index (χ0v) is 13.9. The third-order valence-corrected chi connectivity index (χ3v) is 4.40. The number of nitrogens with zero attached hydrogens (tertiary/aromatic N) is 2. The van der Waals surface area contributed by atoms with Crippen LogP contribution in [0.3, 0.4) is 0 Å². The zero-order chi connectivity index (χ0) is 17.0. The standard InChI is InChI=1S/C17H24N2O4/c1-18(2)13-7-8-19(15(11-13)17(21)22)16(20)10-12-5-4-6-14(9-12)23-3/h4-6,9,13,15H,7-8,10-11H2,1-3H3,(H,21,22). The van der Waals surface area contributed by atoms with Crippen LogP contribution in [0.4, 0.5) is 0 Å². The van der Waals surface area contributed by atoms with Gasteiger partial charge in [-0.3, -0.25) is 4.79 Å². The molecule has 1 aromatic carbocycles. The van der Waals surface area contributed by atoms with E-state index < -0.39 is 12.0 Å². The molecule has 6 nitrogen and oxygen atoms in total. The van der Waals surface area contributed by atoms with E-state index in [-0.39, 0.29) is 18.4 Å². The number of carboxylic acid groups (broad SMARTS) is 1. The van der Waals surface area contributed by atoms with Crippen LogP contribution in [0.2, 0.25) is 0 Å². The Labute approximate surface area is 136 Å². The first kappa shape index (κ1) is 17.3. The normalized spacial score (nSPS) is 21.3. The molecule has 1 fully saturated rings. The van der Waals surface area contributed by atoms with E-state index in [0.717, 1.165) is 12.0 Å². The van der Waals surface area contributed by atoms with Crippen molar-refractivity contribution in [1.29, 1.82) is 0 Å². The number of likely N-dealkylation sites (tertiary alicyclic amines) is 1.